The predicted octanol–water partition coefficient (Wildman–Crippen LogP) is -12.1. The number of anilines is 2. The Morgan fingerprint density at radius 2 is 0.456 bits per heavy atom. The third-order valence-corrected chi connectivity index (χ3v) is 13.4. The molecule has 2 heterocycles. The Hall–Kier alpha value is -9.06. The topological polar surface area (TPSA) is 541 Å². The number of carbonyl (C=O) groups is 14. The van der Waals surface area contributed by atoms with Crippen LogP contribution in [0.2, 0.25) is 0 Å². The first-order valence-electron chi connectivity index (χ1n) is 28.2. The highest BCUT2D eigenvalue weighted by molar-refractivity contribution is 5.86. The molecule has 40 nitrogen and oxygen atoms in total. The SMILES string of the molecule is O=C(O)CNC(=O)CN1CCN(CC(=O)NCCNc2c(NNC(=O)CN3CCN(CC(=O)NCC(=O)O)CCN(CC(=O)NCC(=O)O)CCN(CC(=O)NCC(=O)O)CC3)c(=O)c2=O)CCN(CC(=O)NCC(=O)O)CCN(CC(=O)NCC(=O)O)CC1. The van der Waals surface area contributed by atoms with Gasteiger partial charge in [0.2, 0.25) is 41.4 Å². The van der Waals surface area contributed by atoms with Crippen molar-refractivity contribution in [3.8, 4) is 0 Å². The second-order valence-corrected chi connectivity index (χ2v) is 20.6. The minimum atomic E-state index is -1.30. The van der Waals surface area contributed by atoms with Crippen molar-refractivity contribution in [1.82, 2.24) is 81.8 Å². The first kappa shape index (κ1) is 75.2. The highest BCUT2D eigenvalue weighted by Gasteiger charge is 2.27. The molecule has 2 saturated heterocycles. The molecule has 0 aliphatic carbocycles. The third-order valence-electron chi connectivity index (χ3n) is 13.4. The molecule has 8 amide bonds. The fraction of sp³-hybridized carbons (Fsp3) is 0.640. The minimum absolute atomic E-state index is 0.0516. The number of nitrogens with one attached hydrogen (secondary N) is 10. The summed E-state index contributed by atoms with van der Waals surface area (Å²) in [5, 5.41) is 73.6. The normalized spacial score (nSPS) is 16.2. The highest BCUT2D eigenvalue weighted by atomic mass is 16.4. The Balaban J connectivity index is 1.72. The molecule has 40 heteroatoms. The monoisotopic (exact) mass is 1280 g/mol. The van der Waals surface area contributed by atoms with E-state index in [9.17, 15) is 76.7 Å². The summed E-state index contributed by atoms with van der Waals surface area (Å²) in [5.41, 5.74) is 2.31. The van der Waals surface area contributed by atoms with Crippen molar-refractivity contribution < 1.29 is 97.8 Å². The molecular weight excluding hydrogens is 1200 g/mol. The van der Waals surface area contributed by atoms with Crippen molar-refractivity contribution in [2.75, 3.05) is 220 Å². The number of rotatable bonds is 34. The van der Waals surface area contributed by atoms with Crippen molar-refractivity contribution in [3.63, 3.8) is 0 Å². The standard InChI is InChI=1S/C50H80N18O22/c69-33(25-61-3-5-62(26-34(70)53-19-41(77)78)7-9-64(28-36(72)55-21-43(81)82)10-8-63(6-4-61)27-35(71)54-20-42(79)80)51-1-2-52-47-48(50(90)49(47)89)60-59-40(76)32-68-17-15-66(30-38(74)57-23-45(85)86)13-11-65(29-37(73)56-22-44(83)84)12-14-67(16-18-68)31-39(75)58-24-46(87)88/h52,60H,1-32H2,(H,51,69)(H,53,70)(H,54,71)(H,55,72)(H,56,73)(H,57,74)(H,58,75)(H,59,76)(H,77,78)(H,79,80)(H,81,82)(H,83,84)(H,85,86)(H,87,88). The lowest BCUT2D eigenvalue weighted by Crippen LogP contribution is -2.52. The number of amides is 8. The molecule has 2 aliphatic rings. The van der Waals surface area contributed by atoms with Gasteiger partial charge in [-0.25, -0.2) is 0 Å². The average molecular weight is 1290 g/mol. The zero-order valence-corrected chi connectivity index (χ0v) is 49.4. The van der Waals surface area contributed by atoms with Crippen molar-refractivity contribution in [2.45, 2.75) is 0 Å². The maximum atomic E-state index is 13.5. The fourth-order valence-corrected chi connectivity index (χ4v) is 8.72. The van der Waals surface area contributed by atoms with E-state index in [1.54, 1.807) is 39.2 Å². The van der Waals surface area contributed by atoms with Gasteiger partial charge in [0.05, 0.1) is 52.4 Å². The van der Waals surface area contributed by atoms with Crippen LogP contribution in [-0.4, -0.2) is 362 Å². The van der Waals surface area contributed by atoms with Gasteiger partial charge in [-0.15, -0.1) is 0 Å². The van der Waals surface area contributed by atoms with E-state index in [0.29, 0.717) is 0 Å². The molecule has 1 aromatic carbocycles. The summed E-state index contributed by atoms with van der Waals surface area (Å²) in [6, 6.07) is 0. The first-order chi connectivity index (χ1) is 42.6. The second-order valence-electron chi connectivity index (χ2n) is 20.6. The van der Waals surface area contributed by atoms with E-state index < -0.39 is 140 Å². The molecule has 502 valence electrons. The van der Waals surface area contributed by atoms with Gasteiger partial charge in [0.1, 0.15) is 50.6 Å². The Morgan fingerprint density at radius 1 is 0.267 bits per heavy atom. The number of carboxylic acids is 6. The lowest BCUT2D eigenvalue weighted by atomic mass is 10.2. The molecule has 0 aromatic heterocycles. The zero-order valence-electron chi connectivity index (χ0n) is 49.4. The molecule has 90 heavy (non-hydrogen) atoms. The molecule has 2 aliphatic heterocycles. The summed E-state index contributed by atoms with van der Waals surface area (Å²) in [7, 11) is 0. The Bertz CT molecular complexity index is 2650. The second kappa shape index (κ2) is 40.5. The summed E-state index contributed by atoms with van der Waals surface area (Å²) in [6.07, 6.45) is 0. The van der Waals surface area contributed by atoms with Crippen LogP contribution in [0.1, 0.15) is 0 Å². The predicted molar refractivity (Wildman–Crippen MR) is 310 cm³/mol. The van der Waals surface area contributed by atoms with Crippen LogP contribution >= 0.6 is 0 Å². The number of aliphatic carboxylic acids is 6. The van der Waals surface area contributed by atoms with Gasteiger partial charge in [-0.2, -0.15) is 0 Å². The van der Waals surface area contributed by atoms with Crippen LogP contribution in [0.4, 0.5) is 11.4 Å². The molecule has 1 aromatic rings. The van der Waals surface area contributed by atoms with E-state index in [0.717, 1.165) is 0 Å². The summed E-state index contributed by atoms with van der Waals surface area (Å²) in [5.74, 6) is -12.9. The maximum absolute atomic E-state index is 13.5. The highest BCUT2D eigenvalue weighted by Crippen LogP contribution is 2.13. The number of hydrogen-bond donors (Lipinski definition) is 16. The Labute approximate surface area is 513 Å². The van der Waals surface area contributed by atoms with Gasteiger partial charge in [-0.1, -0.05) is 0 Å². The summed E-state index contributed by atoms with van der Waals surface area (Å²) in [6.45, 7) is -5.18. The van der Waals surface area contributed by atoms with Gasteiger partial charge in [-0.05, 0) is 0 Å². The Kier molecular flexibility index (Phi) is 33.8. The van der Waals surface area contributed by atoms with Gasteiger partial charge in [0.15, 0.2) is 0 Å². The molecule has 0 unspecified atom stereocenters. The minimum Gasteiger partial charge on any atom is -0.480 e. The van der Waals surface area contributed by atoms with Crippen LogP contribution in [0.15, 0.2) is 9.59 Å². The molecular formula is C50H80N18O22. The third kappa shape index (κ3) is 32.8. The van der Waals surface area contributed by atoms with Crippen molar-refractivity contribution in [2.24, 2.45) is 0 Å². The molecule has 0 bridgehead atoms. The molecule has 0 radical (unpaired) electrons. The molecule has 2 fully saturated rings. The van der Waals surface area contributed by atoms with Crippen molar-refractivity contribution >= 4 is 94.4 Å². The number of hydrazine groups is 1. The van der Waals surface area contributed by atoms with Crippen molar-refractivity contribution in [3.05, 3.63) is 20.4 Å². The quantitative estimate of drug-likeness (QED) is 0.0173. The van der Waals surface area contributed by atoms with E-state index in [2.05, 4.69) is 53.4 Å². The smallest absolute Gasteiger partial charge is 0.322 e. The van der Waals surface area contributed by atoms with Crippen LogP contribution < -0.4 is 64.2 Å². The van der Waals surface area contributed by atoms with E-state index >= 15 is 0 Å². The number of nitrogens with zero attached hydrogens (tertiary/aromatic N) is 8. The van der Waals surface area contributed by atoms with Crippen LogP contribution in [0, 0.1) is 0 Å². The number of carbonyl (C=O) groups excluding carboxylic acids is 8. The average Bonchev–Trinajstić information content (AvgIpc) is 0.845. The number of carboxylic acid groups (broad SMARTS) is 6. The lowest BCUT2D eigenvalue weighted by molar-refractivity contribution is -0.138. The van der Waals surface area contributed by atoms with Gasteiger partial charge in [-0.3, -0.25) is 127 Å². The van der Waals surface area contributed by atoms with E-state index in [-0.39, 0.29) is 175 Å². The zero-order chi connectivity index (χ0) is 66.7. The van der Waals surface area contributed by atoms with Gasteiger partial charge in [0, 0.05) is 118 Å². The number of hydrogen-bond acceptors (Lipinski definition) is 26. The van der Waals surface area contributed by atoms with Gasteiger partial charge >= 0.3 is 35.8 Å². The van der Waals surface area contributed by atoms with Crippen LogP contribution in [0.25, 0.3) is 0 Å². The fourth-order valence-electron chi connectivity index (χ4n) is 8.72. The molecule has 0 spiro atoms. The lowest BCUT2D eigenvalue weighted by Gasteiger charge is -2.33. The molecule has 0 atom stereocenters. The largest absolute Gasteiger partial charge is 0.480 e. The maximum Gasteiger partial charge on any atom is 0.322 e. The van der Waals surface area contributed by atoms with E-state index in [1.807, 2.05) is 0 Å². The van der Waals surface area contributed by atoms with Crippen LogP contribution in [0.3, 0.4) is 0 Å². The van der Waals surface area contributed by atoms with Crippen LogP contribution in [0.5, 0.6) is 0 Å². The summed E-state index contributed by atoms with van der Waals surface area (Å²) < 4.78 is 0. The Morgan fingerprint density at radius 3 is 0.667 bits per heavy atom. The van der Waals surface area contributed by atoms with Gasteiger partial charge in [0.25, 0.3) is 16.8 Å². The van der Waals surface area contributed by atoms with Gasteiger partial charge < -0.3 is 73.2 Å². The molecule has 16 N–H and O–H groups in total. The van der Waals surface area contributed by atoms with Crippen molar-refractivity contribution in [1.29, 1.82) is 0 Å². The van der Waals surface area contributed by atoms with Crippen LogP contribution in [-0.2, 0) is 67.1 Å². The summed E-state index contributed by atoms with van der Waals surface area (Å²) >= 11 is 0. The first-order valence-corrected chi connectivity index (χ1v) is 28.2. The summed E-state index contributed by atoms with van der Waals surface area (Å²) in [4.78, 5) is 209. The van der Waals surface area contributed by atoms with E-state index in [1.165, 1.54) is 0 Å². The molecule has 0 saturated carbocycles. The van der Waals surface area contributed by atoms with E-state index in [4.69, 9.17) is 30.6 Å². The molecule has 3 rings (SSSR count).